The predicted molar refractivity (Wildman–Crippen MR) is 57.4 cm³/mol. The maximum atomic E-state index is 2.47. The van der Waals surface area contributed by atoms with Crippen molar-refractivity contribution in [1.29, 1.82) is 0 Å². The zero-order valence-corrected chi connectivity index (χ0v) is 11.2. The van der Waals surface area contributed by atoms with Gasteiger partial charge in [-0.1, -0.05) is 31.4 Å². The van der Waals surface area contributed by atoms with Crippen molar-refractivity contribution in [3.63, 3.8) is 0 Å². The Labute approximate surface area is 86.3 Å². The molecule has 58 valence electrons. The minimum Gasteiger partial charge on any atom is -0.158 e. The summed E-state index contributed by atoms with van der Waals surface area (Å²) in [6.07, 6.45) is 4.73. The van der Waals surface area contributed by atoms with Crippen molar-refractivity contribution in [1.82, 2.24) is 0 Å². The van der Waals surface area contributed by atoms with E-state index in [1.807, 2.05) is 0 Å². The zero-order valence-electron chi connectivity index (χ0n) is 6.94. The molecule has 0 radical (unpaired) electrons. The van der Waals surface area contributed by atoms with Gasteiger partial charge in [0, 0.05) is 8.80 Å². The quantitative estimate of drug-likeness (QED) is 0.643. The third-order valence-electron chi connectivity index (χ3n) is 2.42. The first-order valence-electron chi connectivity index (χ1n) is 4.43. The Morgan fingerprint density at radius 3 is 2.30 bits per heavy atom. The van der Waals surface area contributed by atoms with E-state index in [9.17, 15) is 0 Å². The van der Waals surface area contributed by atoms with Gasteiger partial charge in [-0.2, -0.15) is 9.23 Å². The molecule has 0 N–H and O–H groups in total. The van der Waals surface area contributed by atoms with Gasteiger partial charge in [-0.15, -0.1) is 17.0 Å². The molecule has 1 rings (SSSR count). The second-order valence-corrected chi connectivity index (χ2v) is 9.49. The van der Waals surface area contributed by atoms with Gasteiger partial charge in [0.05, 0.1) is 0 Å². The molecular weight excluding hydrogens is 216 g/mol. The third kappa shape index (κ3) is 4.36. The number of rotatable bonds is 2. The summed E-state index contributed by atoms with van der Waals surface area (Å²) in [6.45, 7) is 0. The van der Waals surface area contributed by atoms with Crippen molar-refractivity contribution in [3.05, 3.63) is 0 Å². The molecule has 0 aliphatic carbocycles. The van der Waals surface area contributed by atoms with Crippen LogP contribution in [0.1, 0.15) is 19.3 Å². The van der Waals surface area contributed by atoms with Crippen LogP contribution in [0.3, 0.4) is 0 Å². The highest BCUT2D eigenvalue weighted by Crippen LogP contribution is 2.20. The van der Waals surface area contributed by atoms with Crippen molar-refractivity contribution >= 4 is 46.1 Å². The first kappa shape index (κ1) is 11.5. The highest BCUT2D eigenvalue weighted by Gasteiger charge is 2.12. The Morgan fingerprint density at radius 2 is 1.80 bits per heavy atom. The van der Waals surface area contributed by atoms with E-state index in [4.69, 9.17) is 0 Å². The summed E-state index contributed by atoms with van der Waals surface area (Å²) >= 11 is 0.431. The molecule has 0 saturated carbocycles. The van der Waals surface area contributed by atoms with Gasteiger partial charge >= 0.3 is 20.4 Å². The van der Waals surface area contributed by atoms with E-state index in [2.05, 4.69) is 5.05 Å². The fourth-order valence-corrected chi connectivity index (χ4v) is 9.48. The van der Waals surface area contributed by atoms with Crippen LogP contribution in [0, 0.1) is 0 Å². The van der Waals surface area contributed by atoms with Gasteiger partial charge in [0.15, 0.2) is 0 Å². The largest absolute Gasteiger partial charge is 0.356 e. The molecule has 0 aromatic carbocycles. The molecule has 0 amide bonds. The van der Waals surface area contributed by atoms with Gasteiger partial charge < -0.3 is 0 Å². The first-order chi connectivity index (χ1) is 4.43. The van der Waals surface area contributed by atoms with Crippen molar-refractivity contribution < 1.29 is 0 Å². The number of halogens is 1. The predicted octanol–water partition coefficient (Wildman–Crippen LogP) is 2.69. The lowest BCUT2D eigenvalue weighted by atomic mass is 10.3. The van der Waals surface area contributed by atoms with Crippen molar-refractivity contribution in [2.24, 2.45) is 0 Å². The van der Waals surface area contributed by atoms with Gasteiger partial charge in [-0.25, -0.2) is 0 Å². The Balaban J connectivity index is 0.000000810. The van der Waals surface area contributed by atoms with Crippen LogP contribution in [0.2, 0.25) is 21.3 Å². The van der Waals surface area contributed by atoms with E-state index in [1.165, 1.54) is 0 Å². The molecule has 1 fully saturated rings. The molecular formula is C7H17BrMgSi. The summed E-state index contributed by atoms with van der Waals surface area (Å²) in [5.41, 5.74) is 0. The molecule has 0 bridgehead atoms. The lowest BCUT2D eigenvalue weighted by molar-refractivity contribution is 0.724. The minimum atomic E-state index is -0.0644. The van der Waals surface area contributed by atoms with E-state index in [1.54, 1.807) is 35.5 Å². The van der Waals surface area contributed by atoms with E-state index in [0.717, 1.165) is 0 Å². The highest BCUT2D eigenvalue weighted by atomic mass is 79.9. The molecule has 1 aliphatic heterocycles. The second kappa shape index (κ2) is 7.13. The lowest BCUT2D eigenvalue weighted by Crippen LogP contribution is -2.17. The maximum Gasteiger partial charge on any atom is 0.356 e. The van der Waals surface area contributed by atoms with Crippen molar-refractivity contribution in [2.45, 2.75) is 40.6 Å². The van der Waals surface area contributed by atoms with Crippen molar-refractivity contribution in [2.75, 3.05) is 0 Å². The van der Waals surface area contributed by atoms with Crippen LogP contribution in [0.15, 0.2) is 0 Å². The van der Waals surface area contributed by atoms with Gasteiger partial charge in [0.1, 0.15) is 0 Å². The second-order valence-electron chi connectivity index (χ2n) is 3.29. The number of hydrogen-bond acceptors (Lipinski definition) is 0. The molecule has 0 spiro atoms. The van der Waals surface area contributed by atoms with Gasteiger partial charge in [0.25, 0.3) is 0 Å². The molecule has 0 unspecified atom stereocenters. The molecule has 0 nitrogen and oxygen atoms in total. The molecule has 1 saturated heterocycles. The average Bonchev–Trinajstić information content (AvgIpc) is 1.91. The molecule has 3 heteroatoms. The average molecular weight is 234 g/mol. The van der Waals surface area contributed by atoms with Crippen LogP contribution in [0.5, 0.6) is 0 Å². The summed E-state index contributed by atoms with van der Waals surface area (Å²) in [7, 11) is -0.0644. The normalized spacial score (nSPS) is 19.3. The van der Waals surface area contributed by atoms with Crippen LogP contribution >= 0.6 is 17.0 Å². The lowest BCUT2D eigenvalue weighted by Gasteiger charge is -2.19. The Kier molecular flexibility index (Phi) is 8.17. The minimum absolute atomic E-state index is 0. The Morgan fingerprint density at radius 1 is 1.20 bits per heavy atom. The molecule has 0 atom stereocenters. The summed E-state index contributed by atoms with van der Waals surface area (Å²) in [5.74, 6) is 0. The third-order valence-corrected chi connectivity index (χ3v) is 10.4. The van der Waals surface area contributed by atoms with Gasteiger partial charge in [-0.3, -0.25) is 0 Å². The summed E-state index contributed by atoms with van der Waals surface area (Å²) in [5, 5.41) is 2.47. The fourth-order valence-electron chi connectivity index (χ4n) is 1.88. The van der Waals surface area contributed by atoms with Gasteiger partial charge in [0.2, 0.25) is 0 Å². The van der Waals surface area contributed by atoms with Crippen LogP contribution in [0.25, 0.3) is 0 Å². The summed E-state index contributed by atoms with van der Waals surface area (Å²) in [4.78, 5) is 0. The van der Waals surface area contributed by atoms with Crippen LogP contribution in [-0.4, -0.2) is 29.2 Å². The number of hydrogen-bond donors (Lipinski definition) is 0. The van der Waals surface area contributed by atoms with E-state index in [-0.39, 0.29) is 25.8 Å². The Hall–Kier alpha value is 1.46. The maximum absolute atomic E-state index is 2.47. The van der Waals surface area contributed by atoms with Crippen LogP contribution in [-0.2, 0) is 0 Å². The van der Waals surface area contributed by atoms with E-state index < -0.39 is 0 Å². The van der Waals surface area contributed by atoms with Crippen LogP contribution in [0.4, 0.5) is 0 Å². The molecule has 0 aromatic rings. The smallest absolute Gasteiger partial charge is 0.158 e. The SMILES string of the molecule is Br.[CH3][Mg][CH2][SiH]1CCCCC1. The van der Waals surface area contributed by atoms with E-state index >= 15 is 0 Å². The molecule has 0 aromatic heterocycles. The van der Waals surface area contributed by atoms with Crippen LogP contribution < -0.4 is 0 Å². The molecule has 1 aliphatic rings. The zero-order chi connectivity index (χ0) is 6.53. The standard InChI is InChI=1S/C6H13Si.CH3.BrH.Mg/c1-7-5-3-2-4-6-7;;;/h7H,1-6H2;1H3;1H;. The first-order valence-corrected chi connectivity index (χ1v) is 9.30. The van der Waals surface area contributed by atoms with Crippen molar-refractivity contribution in [3.8, 4) is 0 Å². The van der Waals surface area contributed by atoms with Gasteiger partial charge in [-0.05, 0) is 0 Å². The molecule has 1 heterocycles. The summed E-state index contributed by atoms with van der Waals surface area (Å²) in [6, 6.07) is 3.39. The highest BCUT2D eigenvalue weighted by molar-refractivity contribution is 8.93. The monoisotopic (exact) mass is 232 g/mol. The van der Waals surface area contributed by atoms with E-state index in [0.29, 0.717) is 20.4 Å². The Bertz CT molecular complexity index is 71.3. The summed E-state index contributed by atoms with van der Waals surface area (Å²) < 4.78 is 1.76. The topological polar surface area (TPSA) is 0 Å². The molecule has 10 heavy (non-hydrogen) atoms. The fraction of sp³-hybridized carbons (Fsp3) is 1.00.